The van der Waals surface area contributed by atoms with Gasteiger partial charge in [0.05, 0.1) is 12.1 Å². The summed E-state index contributed by atoms with van der Waals surface area (Å²) in [5, 5.41) is 17.7. The lowest BCUT2D eigenvalue weighted by atomic mass is 10.0. The van der Waals surface area contributed by atoms with Crippen LogP contribution in [0.5, 0.6) is 0 Å². The number of aliphatic carboxylic acids is 1. The van der Waals surface area contributed by atoms with E-state index in [4.69, 9.17) is 5.11 Å². The molecule has 2 rings (SSSR count). The number of carboxylic acids is 1. The average molecular weight is 343 g/mol. The number of amides is 3. The Bertz CT molecular complexity index is 446. The van der Waals surface area contributed by atoms with Crippen molar-refractivity contribution in [2.24, 2.45) is 0 Å². The molecule has 3 unspecified atom stereocenters. The number of rotatable bonds is 10. The molecule has 2 fully saturated rings. The molecule has 4 N–H and O–H groups in total. The van der Waals surface area contributed by atoms with Crippen LogP contribution in [0.2, 0.25) is 0 Å². The van der Waals surface area contributed by atoms with Crippen LogP contribution in [-0.4, -0.2) is 52.6 Å². The maximum absolute atomic E-state index is 11.7. The van der Waals surface area contributed by atoms with Crippen molar-refractivity contribution in [3.8, 4) is 0 Å². The highest BCUT2D eigenvalue weighted by molar-refractivity contribution is 8.00. The summed E-state index contributed by atoms with van der Waals surface area (Å²) in [5.41, 5.74) is 0. The number of carboxylic acid groups (broad SMARTS) is 1. The summed E-state index contributed by atoms with van der Waals surface area (Å²) in [4.78, 5) is 33.3. The van der Waals surface area contributed by atoms with Gasteiger partial charge in [-0.1, -0.05) is 6.42 Å². The largest absolute Gasteiger partial charge is 0.481 e. The van der Waals surface area contributed by atoms with Crippen LogP contribution in [0.25, 0.3) is 0 Å². The standard InChI is InChI=1S/C15H25N3O4S/c19-12(16-8-4-3-7-13(20)21)6-2-1-5-11-14-10(9-23-11)17-15(22)18-14/h10-11,14H,1-9H2,(H,16,19)(H,20,21)(H2,17,18,22). The summed E-state index contributed by atoms with van der Waals surface area (Å²) < 4.78 is 0. The van der Waals surface area contributed by atoms with E-state index < -0.39 is 5.97 Å². The lowest BCUT2D eigenvalue weighted by molar-refractivity contribution is -0.137. The van der Waals surface area contributed by atoms with E-state index in [1.54, 1.807) is 0 Å². The zero-order chi connectivity index (χ0) is 16.7. The van der Waals surface area contributed by atoms with Crippen molar-refractivity contribution in [2.45, 2.75) is 62.3 Å². The van der Waals surface area contributed by atoms with E-state index in [2.05, 4.69) is 16.0 Å². The third kappa shape index (κ3) is 5.93. The number of urea groups is 1. The molecular formula is C15H25N3O4S. The van der Waals surface area contributed by atoms with Gasteiger partial charge in [0.2, 0.25) is 5.91 Å². The molecule has 0 aromatic heterocycles. The summed E-state index contributed by atoms with van der Waals surface area (Å²) in [5.74, 6) is 0.204. The van der Waals surface area contributed by atoms with Gasteiger partial charge in [-0.05, 0) is 25.7 Å². The Kier molecular flexibility index (Phi) is 7.01. The van der Waals surface area contributed by atoms with Gasteiger partial charge in [-0.2, -0.15) is 11.8 Å². The predicted octanol–water partition coefficient (Wildman–Crippen LogP) is 1.08. The van der Waals surface area contributed by atoms with E-state index >= 15 is 0 Å². The van der Waals surface area contributed by atoms with E-state index in [9.17, 15) is 14.4 Å². The molecule has 3 atom stereocenters. The fourth-order valence-electron chi connectivity index (χ4n) is 2.99. The first-order chi connectivity index (χ1) is 11.1. The van der Waals surface area contributed by atoms with E-state index in [-0.39, 0.29) is 30.4 Å². The van der Waals surface area contributed by atoms with Crippen LogP contribution < -0.4 is 16.0 Å². The van der Waals surface area contributed by atoms with Crippen LogP contribution in [0, 0.1) is 0 Å². The number of hydrogen-bond donors (Lipinski definition) is 4. The van der Waals surface area contributed by atoms with E-state index in [1.165, 1.54) is 0 Å². The SMILES string of the molecule is O=C(O)CCCCNC(=O)CCCCC1SCC2NC(=O)NC21. The van der Waals surface area contributed by atoms with Gasteiger partial charge in [0, 0.05) is 30.4 Å². The normalized spacial score (nSPS) is 25.6. The monoisotopic (exact) mass is 343 g/mol. The maximum atomic E-state index is 11.7. The number of fused-ring (bicyclic) bond motifs is 1. The second-order valence-electron chi connectivity index (χ2n) is 6.07. The Labute approximate surface area is 140 Å². The summed E-state index contributed by atoms with van der Waals surface area (Å²) in [6.07, 6.45) is 4.79. The molecule has 2 aliphatic rings. The predicted molar refractivity (Wildman–Crippen MR) is 88.5 cm³/mol. The maximum Gasteiger partial charge on any atom is 0.315 e. The van der Waals surface area contributed by atoms with Crippen LogP contribution >= 0.6 is 11.8 Å². The van der Waals surface area contributed by atoms with Crippen molar-refractivity contribution in [3.63, 3.8) is 0 Å². The van der Waals surface area contributed by atoms with Gasteiger partial charge in [-0.15, -0.1) is 0 Å². The van der Waals surface area contributed by atoms with Gasteiger partial charge >= 0.3 is 12.0 Å². The minimum Gasteiger partial charge on any atom is -0.481 e. The van der Waals surface area contributed by atoms with E-state index in [0.29, 0.717) is 31.1 Å². The Hall–Kier alpha value is -1.44. The molecule has 130 valence electrons. The molecule has 8 heteroatoms. The second kappa shape index (κ2) is 9.00. The molecule has 2 heterocycles. The van der Waals surface area contributed by atoms with E-state index in [0.717, 1.165) is 25.0 Å². The van der Waals surface area contributed by atoms with Gasteiger partial charge in [-0.3, -0.25) is 9.59 Å². The summed E-state index contributed by atoms with van der Waals surface area (Å²) in [6, 6.07) is 0.426. The van der Waals surface area contributed by atoms with Gasteiger partial charge in [0.1, 0.15) is 0 Å². The topological polar surface area (TPSA) is 108 Å². The molecule has 0 spiro atoms. The highest BCUT2D eigenvalue weighted by atomic mass is 32.2. The molecular weight excluding hydrogens is 318 g/mol. The molecule has 0 radical (unpaired) electrons. The first-order valence-electron chi connectivity index (χ1n) is 8.23. The number of nitrogens with one attached hydrogen (secondary N) is 3. The highest BCUT2D eigenvalue weighted by Crippen LogP contribution is 2.33. The van der Waals surface area contributed by atoms with Crippen LogP contribution in [0.15, 0.2) is 0 Å². The van der Waals surface area contributed by atoms with Crippen molar-refractivity contribution in [3.05, 3.63) is 0 Å². The quantitative estimate of drug-likeness (QED) is 0.351. The Balaban J connectivity index is 1.48. The number of carbonyl (C=O) groups excluding carboxylic acids is 2. The zero-order valence-corrected chi connectivity index (χ0v) is 14.0. The first-order valence-corrected chi connectivity index (χ1v) is 9.28. The molecule has 7 nitrogen and oxygen atoms in total. The lowest BCUT2D eigenvalue weighted by Crippen LogP contribution is -2.36. The smallest absolute Gasteiger partial charge is 0.315 e. The summed E-state index contributed by atoms with van der Waals surface area (Å²) in [6.45, 7) is 0.548. The molecule has 2 aliphatic heterocycles. The van der Waals surface area contributed by atoms with Gasteiger partial charge in [0.15, 0.2) is 0 Å². The number of carbonyl (C=O) groups is 3. The van der Waals surface area contributed by atoms with Gasteiger partial charge in [0.25, 0.3) is 0 Å². The number of thioether (sulfide) groups is 1. The summed E-state index contributed by atoms with van der Waals surface area (Å²) in [7, 11) is 0. The average Bonchev–Trinajstić information content (AvgIpc) is 3.02. The van der Waals surface area contributed by atoms with Crippen molar-refractivity contribution < 1.29 is 19.5 Å². The van der Waals surface area contributed by atoms with Crippen molar-refractivity contribution in [1.29, 1.82) is 0 Å². The van der Waals surface area contributed by atoms with Crippen molar-refractivity contribution in [1.82, 2.24) is 16.0 Å². The number of unbranched alkanes of at least 4 members (excludes halogenated alkanes) is 2. The Morgan fingerprint density at radius 1 is 1.17 bits per heavy atom. The van der Waals surface area contributed by atoms with Gasteiger partial charge < -0.3 is 21.1 Å². The van der Waals surface area contributed by atoms with E-state index in [1.807, 2.05) is 11.8 Å². The number of hydrogen-bond acceptors (Lipinski definition) is 4. The third-order valence-electron chi connectivity index (χ3n) is 4.22. The molecule has 0 aromatic rings. The van der Waals surface area contributed by atoms with Crippen LogP contribution in [0.4, 0.5) is 4.79 Å². The molecule has 2 saturated heterocycles. The minimum atomic E-state index is -0.794. The molecule has 0 saturated carbocycles. The molecule has 23 heavy (non-hydrogen) atoms. The van der Waals surface area contributed by atoms with Crippen molar-refractivity contribution >= 4 is 29.7 Å². The fraction of sp³-hybridized carbons (Fsp3) is 0.800. The zero-order valence-electron chi connectivity index (χ0n) is 13.2. The van der Waals surface area contributed by atoms with Crippen LogP contribution in [0.1, 0.15) is 44.9 Å². The minimum absolute atomic E-state index is 0.0353. The third-order valence-corrected chi connectivity index (χ3v) is 5.73. The van der Waals surface area contributed by atoms with Crippen LogP contribution in [0.3, 0.4) is 0 Å². The molecule has 0 aromatic carbocycles. The fourth-order valence-corrected chi connectivity index (χ4v) is 4.54. The highest BCUT2D eigenvalue weighted by Gasteiger charge is 2.42. The van der Waals surface area contributed by atoms with Crippen molar-refractivity contribution in [2.75, 3.05) is 12.3 Å². The lowest BCUT2D eigenvalue weighted by Gasteiger charge is -2.16. The molecule has 0 bridgehead atoms. The molecule has 0 aliphatic carbocycles. The Morgan fingerprint density at radius 2 is 1.96 bits per heavy atom. The van der Waals surface area contributed by atoms with Gasteiger partial charge in [-0.25, -0.2) is 4.79 Å². The molecule has 3 amide bonds. The van der Waals surface area contributed by atoms with Crippen LogP contribution in [-0.2, 0) is 9.59 Å². The summed E-state index contributed by atoms with van der Waals surface area (Å²) >= 11 is 1.89. The second-order valence-corrected chi connectivity index (χ2v) is 7.34. The Morgan fingerprint density at radius 3 is 2.74 bits per heavy atom. The first kappa shape index (κ1) is 17.9.